The summed E-state index contributed by atoms with van der Waals surface area (Å²) in [6, 6.07) is -1.25. The number of fused-ring (bicyclic) bond motifs is 2. The van der Waals surface area contributed by atoms with Gasteiger partial charge in [-0.3, -0.25) is 14.4 Å². The summed E-state index contributed by atoms with van der Waals surface area (Å²) in [6.07, 6.45) is 7.31. The van der Waals surface area contributed by atoms with Crippen molar-refractivity contribution in [2.75, 3.05) is 26.8 Å². The molecule has 3 heterocycles. The number of allylic oxidation sites excluding steroid dienone is 1. The van der Waals surface area contributed by atoms with E-state index in [1.54, 1.807) is 0 Å². The summed E-state index contributed by atoms with van der Waals surface area (Å²) in [5, 5.41) is 2.80. The number of nitrogens with zero attached hydrogens (tertiary/aromatic N) is 2. The molecule has 0 aromatic rings. The Hall–Kier alpha value is -2.71. The summed E-state index contributed by atoms with van der Waals surface area (Å²) in [5.74, 6) is -2.23. The van der Waals surface area contributed by atoms with Crippen LogP contribution in [0, 0.1) is 5.92 Å². The normalized spacial score (nSPS) is 33.2. The van der Waals surface area contributed by atoms with Crippen molar-refractivity contribution in [3.63, 3.8) is 0 Å². The van der Waals surface area contributed by atoms with Crippen LogP contribution >= 0.6 is 0 Å². The van der Waals surface area contributed by atoms with E-state index >= 15 is 0 Å². The Morgan fingerprint density at radius 1 is 1.13 bits per heavy atom. The van der Waals surface area contributed by atoms with Crippen molar-refractivity contribution < 1.29 is 37.1 Å². The van der Waals surface area contributed by atoms with Gasteiger partial charge in [-0.2, -0.15) is 12.7 Å². The number of primary amides is 1. The van der Waals surface area contributed by atoms with E-state index in [1.807, 2.05) is 12.2 Å². The van der Waals surface area contributed by atoms with Crippen LogP contribution in [0.15, 0.2) is 12.2 Å². The van der Waals surface area contributed by atoms with E-state index in [1.165, 1.54) is 16.3 Å². The third-order valence-corrected chi connectivity index (χ3v) is 9.60. The van der Waals surface area contributed by atoms with Crippen LogP contribution in [0.4, 0.5) is 4.79 Å². The minimum absolute atomic E-state index is 0.217. The molecule has 2 saturated heterocycles. The number of ether oxygens (including phenoxy) is 2. The number of nitrogens with one attached hydrogen (secondary N) is 2. The van der Waals surface area contributed by atoms with Crippen LogP contribution in [-0.4, -0.2) is 92.0 Å². The third kappa shape index (κ3) is 6.55. The number of hydrogen-bond donors (Lipinski definition) is 3. The van der Waals surface area contributed by atoms with Crippen molar-refractivity contribution in [3.8, 4) is 0 Å². The van der Waals surface area contributed by atoms with Gasteiger partial charge in [0.2, 0.25) is 5.91 Å². The number of carbonyl (C=O) groups is 4. The Labute approximate surface area is 229 Å². The van der Waals surface area contributed by atoms with Crippen LogP contribution in [-0.2, 0) is 34.1 Å². The van der Waals surface area contributed by atoms with Gasteiger partial charge >= 0.3 is 16.3 Å². The van der Waals surface area contributed by atoms with Gasteiger partial charge in [0, 0.05) is 32.2 Å². The lowest BCUT2D eigenvalue weighted by Gasteiger charge is -2.30. The minimum atomic E-state index is -4.17. The SMILES string of the molecule is COCC1CCCN1S(=O)(=O)NC(=O)C12CC1/C=C\CCCCCC(OC(N)=O)C(=O)N1CCCC1C(=O)N2. The molecule has 3 fully saturated rings. The standard InChI is InChI=1S/C25H39N5O8S/c1-37-16-18-10-7-14-30(18)39(35,36)28-23(33)25-15-17(25)9-5-3-2-4-6-12-20(38-24(26)34)22(32)29-13-8-11-19(29)21(31)27-25/h5,9,17-20H,2-4,6-8,10-16H2,1H3,(H2,26,34)(H,27,31)(H,28,33)/b9-5-. The summed E-state index contributed by atoms with van der Waals surface area (Å²) in [5.41, 5.74) is 3.76. The molecule has 3 aliphatic heterocycles. The zero-order chi connectivity index (χ0) is 28.2. The fourth-order valence-electron chi connectivity index (χ4n) is 5.93. The molecular formula is C25H39N5O8S. The Kier molecular flexibility index (Phi) is 9.17. The lowest BCUT2D eigenvalue weighted by Crippen LogP contribution is -2.58. The highest BCUT2D eigenvalue weighted by Gasteiger charge is 2.61. The van der Waals surface area contributed by atoms with Crippen LogP contribution in [0.1, 0.15) is 64.2 Å². The van der Waals surface area contributed by atoms with E-state index in [2.05, 4.69) is 10.0 Å². The molecule has 5 atom stereocenters. The van der Waals surface area contributed by atoms with Crippen molar-refractivity contribution >= 4 is 34.0 Å². The molecule has 39 heavy (non-hydrogen) atoms. The monoisotopic (exact) mass is 569 g/mol. The molecule has 0 spiro atoms. The summed E-state index contributed by atoms with van der Waals surface area (Å²) in [7, 11) is -2.67. The van der Waals surface area contributed by atoms with Gasteiger partial charge in [-0.15, -0.1) is 0 Å². The molecule has 1 saturated carbocycles. The number of methoxy groups -OCH3 is 1. The zero-order valence-corrected chi connectivity index (χ0v) is 23.1. The van der Waals surface area contributed by atoms with E-state index < -0.39 is 51.7 Å². The van der Waals surface area contributed by atoms with Gasteiger partial charge in [-0.05, 0) is 57.8 Å². The maximum absolute atomic E-state index is 13.5. The lowest BCUT2D eigenvalue weighted by molar-refractivity contribution is -0.146. The highest BCUT2D eigenvalue weighted by Crippen LogP contribution is 2.45. The molecule has 218 valence electrons. The maximum Gasteiger partial charge on any atom is 0.405 e. The molecular weight excluding hydrogens is 530 g/mol. The van der Waals surface area contributed by atoms with Crippen LogP contribution in [0.3, 0.4) is 0 Å². The summed E-state index contributed by atoms with van der Waals surface area (Å²) < 4.78 is 40.0. The fraction of sp³-hybridized carbons (Fsp3) is 0.760. The second-order valence-electron chi connectivity index (χ2n) is 10.8. The molecule has 5 unspecified atom stereocenters. The number of nitrogens with two attached hydrogens (primary N) is 1. The zero-order valence-electron chi connectivity index (χ0n) is 22.3. The Morgan fingerprint density at radius 3 is 2.64 bits per heavy atom. The van der Waals surface area contributed by atoms with Gasteiger partial charge in [0.25, 0.3) is 11.8 Å². The largest absolute Gasteiger partial charge is 0.436 e. The summed E-state index contributed by atoms with van der Waals surface area (Å²) in [4.78, 5) is 53.1. The highest BCUT2D eigenvalue weighted by atomic mass is 32.2. The Bertz CT molecular complexity index is 1100. The molecule has 0 aromatic heterocycles. The van der Waals surface area contributed by atoms with Crippen molar-refractivity contribution in [2.45, 2.75) is 87.9 Å². The molecule has 0 bridgehead atoms. The molecule has 4 rings (SSSR count). The predicted octanol–water partition coefficient (Wildman–Crippen LogP) is 0.308. The van der Waals surface area contributed by atoms with Gasteiger partial charge in [0.1, 0.15) is 11.6 Å². The van der Waals surface area contributed by atoms with Crippen molar-refractivity contribution in [3.05, 3.63) is 12.2 Å². The maximum atomic E-state index is 13.5. The number of carbonyl (C=O) groups excluding carboxylic acids is 4. The average Bonchev–Trinajstić information content (AvgIpc) is 3.21. The van der Waals surface area contributed by atoms with Crippen molar-refractivity contribution in [2.24, 2.45) is 11.7 Å². The number of hydrogen-bond acceptors (Lipinski definition) is 8. The molecule has 14 heteroatoms. The number of amides is 4. The fourth-order valence-corrected chi connectivity index (χ4v) is 7.39. The van der Waals surface area contributed by atoms with E-state index in [4.69, 9.17) is 15.2 Å². The first-order valence-corrected chi connectivity index (χ1v) is 15.1. The third-order valence-electron chi connectivity index (χ3n) is 8.06. The lowest BCUT2D eigenvalue weighted by atomic mass is 10.1. The molecule has 0 radical (unpaired) electrons. The van der Waals surface area contributed by atoms with E-state index in [9.17, 15) is 27.6 Å². The van der Waals surface area contributed by atoms with Crippen LogP contribution in [0.2, 0.25) is 0 Å². The van der Waals surface area contributed by atoms with Gasteiger partial charge in [0.05, 0.1) is 6.61 Å². The van der Waals surface area contributed by atoms with Gasteiger partial charge in [-0.25, -0.2) is 9.52 Å². The summed E-state index contributed by atoms with van der Waals surface area (Å²) in [6.45, 7) is 0.781. The minimum Gasteiger partial charge on any atom is -0.436 e. The quantitative estimate of drug-likeness (QED) is 0.383. The first kappa shape index (κ1) is 29.3. The Morgan fingerprint density at radius 2 is 1.90 bits per heavy atom. The predicted molar refractivity (Wildman–Crippen MR) is 139 cm³/mol. The second-order valence-corrected chi connectivity index (χ2v) is 12.4. The molecule has 4 N–H and O–H groups in total. The highest BCUT2D eigenvalue weighted by molar-refractivity contribution is 7.87. The smallest absolute Gasteiger partial charge is 0.405 e. The van der Waals surface area contributed by atoms with Gasteiger partial charge in [-0.1, -0.05) is 18.6 Å². The molecule has 0 aromatic carbocycles. The van der Waals surface area contributed by atoms with Crippen molar-refractivity contribution in [1.29, 1.82) is 0 Å². The second kappa shape index (κ2) is 12.2. The first-order chi connectivity index (χ1) is 18.6. The average molecular weight is 570 g/mol. The van der Waals surface area contributed by atoms with Gasteiger partial charge < -0.3 is 25.4 Å². The van der Waals surface area contributed by atoms with E-state index in [-0.39, 0.29) is 31.5 Å². The van der Waals surface area contributed by atoms with Gasteiger partial charge in [0.15, 0.2) is 6.10 Å². The summed E-state index contributed by atoms with van der Waals surface area (Å²) >= 11 is 0. The molecule has 4 amide bonds. The van der Waals surface area contributed by atoms with E-state index in [0.717, 1.165) is 12.8 Å². The van der Waals surface area contributed by atoms with Crippen LogP contribution in [0.25, 0.3) is 0 Å². The van der Waals surface area contributed by atoms with Crippen LogP contribution < -0.4 is 15.8 Å². The molecule has 4 aliphatic rings. The number of rotatable bonds is 6. The Balaban J connectivity index is 1.55. The molecule has 13 nitrogen and oxygen atoms in total. The topological polar surface area (TPSA) is 177 Å². The molecule has 1 aliphatic carbocycles. The van der Waals surface area contributed by atoms with Crippen molar-refractivity contribution in [1.82, 2.24) is 19.2 Å². The van der Waals surface area contributed by atoms with E-state index in [0.29, 0.717) is 51.5 Å². The van der Waals surface area contributed by atoms with Crippen LogP contribution in [0.5, 0.6) is 0 Å². The first-order valence-electron chi connectivity index (χ1n) is 13.7.